The highest BCUT2D eigenvalue weighted by atomic mass is 19.1. The van der Waals surface area contributed by atoms with Gasteiger partial charge in [-0.2, -0.15) is 0 Å². The molecule has 1 aromatic carbocycles. The molecular formula is C16H23FN2O. The lowest BCUT2D eigenvalue weighted by atomic mass is 9.87. The number of hydrogen-bond donors (Lipinski definition) is 1. The third-order valence-corrected chi connectivity index (χ3v) is 4.06. The zero-order chi connectivity index (χ0) is 14.7. The smallest absolute Gasteiger partial charge is 0.226 e. The number of nitrogens with one attached hydrogen (secondary N) is 1. The van der Waals surface area contributed by atoms with Crippen LogP contribution in [0.25, 0.3) is 0 Å². The third kappa shape index (κ3) is 3.37. The van der Waals surface area contributed by atoms with Crippen LogP contribution in [0.1, 0.15) is 26.3 Å². The van der Waals surface area contributed by atoms with Crippen molar-refractivity contribution >= 4 is 5.91 Å². The zero-order valence-corrected chi connectivity index (χ0v) is 12.4. The molecule has 1 atom stereocenters. The van der Waals surface area contributed by atoms with Gasteiger partial charge in [0, 0.05) is 18.5 Å². The van der Waals surface area contributed by atoms with Crippen molar-refractivity contribution in [2.24, 2.45) is 11.8 Å². The summed E-state index contributed by atoms with van der Waals surface area (Å²) in [6, 6.07) is 6.58. The van der Waals surface area contributed by atoms with E-state index in [1.807, 2.05) is 31.7 Å². The lowest BCUT2D eigenvalue weighted by Gasteiger charge is -2.36. The van der Waals surface area contributed by atoms with Crippen molar-refractivity contribution in [2.45, 2.75) is 33.4 Å². The Labute approximate surface area is 120 Å². The van der Waals surface area contributed by atoms with Crippen molar-refractivity contribution in [1.82, 2.24) is 10.2 Å². The van der Waals surface area contributed by atoms with Crippen LogP contribution in [-0.4, -0.2) is 29.9 Å². The molecule has 0 radical (unpaired) electrons. The summed E-state index contributed by atoms with van der Waals surface area (Å²) in [6.45, 7) is 8.30. The molecule has 1 fully saturated rings. The van der Waals surface area contributed by atoms with Crippen LogP contribution in [-0.2, 0) is 11.3 Å². The van der Waals surface area contributed by atoms with Crippen molar-refractivity contribution in [3.63, 3.8) is 0 Å². The van der Waals surface area contributed by atoms with Gasteiger partial charge in [-0.3, -0.25) is 4.79 Å². The minimum Gasteiger partial charge on any atom is -0.336 e. The van der Waals surface area contributed by atoms with E-state index < -0.39 is 0 Å². The maximum atomic E-state index is 13.3. The summed E-state index contributed by atoms with van der Waals surface area (Å²) in [4.78, 5) is 14.5. The molecule has 110 valence electrons. The number of nitrogens with zero attached hydrogens (tertiary/aromatic N) is 1. The Morgan fingerprint density at radius 1 is 1.40 bits per heavy atom. The normalized spacial score (nSPS) is 16.9. The second kappa shape index (κ2) is 6.35. The number of amides is 1. The van der Waals surface area contributed by atoms with E-state index in [0.717, 1.165) is 18.7 Å². The van der Waals surface area contributed by atoms with Crippen LogP contribution in [0.4, 0.5) is 4.39 Å². The Hall–Kier alpha value is -1.42. The van der Waals surface area contributed by atoms with E-state index in [0.29, 0.717) is 12.5 Å². The van der Waals surface area contributed by atoms with Crippen LogP contribution in [0.3, 0.4) is 0 Å². The number of carbonyl (C=O) groups is 1. The fourth-order valence-corrected chi connectivity index (χ4v) is 2.47. The second-order valence-corrected chi connectivity index (χ2v) is 5.90. The molecule has 1 aromatic rings. The van der Waals surface area contributed by atoms with E-state index in [1.54, 1.807) is 6.07 Å². The fourth-order valence-electron chi connectivity index (χ4n) is 2.47. The van der Waals surface area contributed by atoms with E-state index in [1.165, 1.54) is 12.1 Å². The summed E-state index contributed by atoms with van der Waals surface area (Å²) < 4.78 is 13.3. The zero-order valence-electron chi connectivity index (χ0n) is 12.4. The summed E-state index contributed by atoms with van der Waals surface area (Å²) in [5.74, 6) is 0.356. The van der Waals surface area contributed by atoms with Crippen molar-refractivity contribution < 1.29 is 9.18 Å². The number of carbonyl (C=O) groups excluding carboxylic acids is 1. The lowest BCUT2D eigenvalue weighted by Crippen LogP contribution is -2.51. The van der Waals surface area contributed by atoms with E-state index in [2.05, 4.69) is 5.32 Å². The monoisotopic (exact) mass is 278 g/mol. The van der Waals surface area contributed by atoms with Gasteiger partial charge in [0.25, 0.3) is 0 Å². The van der Waals surface area contributed by atoms with Gasteiger partial charge >= 0.3 is 0 Å². The Bertz CT molecular complexity index is 471. The number of benzene rings is 1. The summed E-state index contributed by atoms with van der Waals surface area (Å²) in [6.07, 6.45) is 0. The summed E-state index contributed by atoms with van der Waals surface area (Å²) in [5.41, 5.74) is 0.839. The third-order valence-electron chi connectivity index (χ3n) is 4.06. The molecule has 0 aliphatic carbocycles. The summed E-state index contributed by atoms with van der Waals surface area (Å²) in [5, 5.41) is 3.20. The molecule has 4 heteroatoms. The maximum absolute atomic E-state index is 13.3. The molecule has 0 bridgehead atoms. The van der Waals surface area contributed by atoms with Gasteiger partial charge in [-0.05, 0) is 50.6 Å². The Kier molecular flexibility index (Phi) is 4.76. The van der Waals surface area contributed by atoms with Crippen molar-refractivity contribution in [3.05, 3.63) is 35.6 Å². The van der Waals surface area contributed by atoms with Gasteiger partial charge in [0.15, 0.2) is 0 Å². The molecule has 20 heavy (non-hydrogen) atoms. The quantitative estimate of drug-likeness (QED) is 0.897. The number of halogens is 1. The first-order valence-corrected chi connectivity index (χ1v) is 7.24. The molecule has 1 heterocycles. The first-order valence-electron chi connectivity index (χ1n) is 7.24. The van der Waals surface area contributed by atoms with Crippen LogP contribution in [0.15, 0.2) is 24.3 Å². The van der Waals surface area contributed by atoms with Gasteiger partial charge < -0.3 is 10.2 Å². The first kappa shape index (κ1) is 15.0. The number of hydrogen-bond acceptors (Lipinski definition) is 2. The van der Waals surface area contributed by atoms with Gasteiger partial charge in [-0.15, -0.1) is 0 Å². The highest BCUT2D eigenvalue weighted by molar-refractivity contribution is 5.79. The second-order valence-electron chi connectivity index (χ2n) is 5.90. The molecule has 2 rings (SSSR count). The molecule has 3 nitrogen and oxygen atoms in total. The first-order chi connectivity index (χ1) is 9.49. The van der Waals surface area contributed by atoms with Crippen LogP contribution in [0, 0.1) is 17.7 Å². The molecule has 1 amide bonds. The predicted octanol–water partition coefficient (Wildman–Crippen LogP) is 2.42. The lowest BCUT2D eigenvalue weighted by molar-refractivity contribution is -0.139. The van der Waals surface area contributed by atoms with E-state index in [-0.39, 0.29) is 23.7 Å². The van der Waals surface area contributed by atoms with Crippen molar-refractivity contribution in [2.75, 3.05) is 13.1 Å². The summed E-state index contributed by atoms with van der Waals surface area (Å²) in [7, 11) is 0. The Morgan fingerprint density at radius 2 is 2.10 bits per heavy atom. The standard InChI is InChI=1S/C16H23FN2O/c1-11(2)19(10-13-5-4-6-15(17)7-13)16(20)12(3)14-8-18-9-14/h4-7,11-12,14,18H,8-10H2,1-3H3. The van der Waals surface area contributed by atoms with E-state index in [4.69, 9.17) is 0 Å². The molecule has 1 aliphatic heterocycles. The number of rotatable bonds is 5. The topological polar surface area (TPSA) is 32.3 Å². The SMILES string of the molecule is CC(C(=O)N(Cc1cccc(F)c1)C(C)C)C1CNC1. The van der Waals surface area contributed by atoms with E-state index >= 15 is 0 Å². The highest BCUT2D eigenvalue weighted by Crippen LogP contribution is 2.21. The van der Waals surface area contributed by atoms with Crippen LogP contribution in [0.2, 0.25) is 0 Å². The van der Waals surface area contributed by atoms with Crippen LogP contribution in [0.5, 0.6) is 0 Å². The van der Waals surface area contributed by atoms with Gasteiger partial charge in [-0.1, -0.05) is 19.1 Å². The molecule has 1 N–H and O–H groups in total. The average molecular weight is 278 g/mol. The molecule has 1 unspecified atom stereocenters. The molecular weight excluding hydrogens is 255 g/mol. The van der Waals surface area contributed by atoms with Gasteiger partial charge in [-0.25, -0.2) is 4.39 Å². The minimum atomic E-state index is -0.255. The molecule has 0 aromatic heterocycles. The van der Waals surface area contributed by atoms with Crippen molar-refractivity contribution in [1.29, 1.82) is 0 Å². The van der Waals surface area contributed by atoms with E-state index in [9.17, 15) is 9.18 Å². The van der Waals surface area contributed by atoms with Crippen LogP contribution >= 0.6 is 0 Å². The van der Waals surface area contributed by atoms with Gasteiger partial charge in [0.2, 0.25) is 5.91 Å². The van der Waals surface area contributed by atoms with Gasteiger partial charge in [0.05, 0.1) is 0 Å². The molecule has 0 saturated carbocycles. The fraction of sp³-hybridized carbons (Fsp3) is 0.562. The minimum absolute atomic E-state index is 0.0206. The molecule has 1 aliphatic rings. The average Bonchev–Trinajstić information content (AvgIpc) is 2.32. The van der Waals surface area contributed by atoms with Crippen molar-refractivity contribution in [3.8, 4) is 0 Å². The highest BCUT2D eigenvalue weighted by Gasteiger charge is 2.32. The Morgan fingerprint density at radius 3 is 2.60 bits per heavy atom. The van der Waals surface area contributed by atoms with Crippen LogP contribution < -0.4 is 5.32 Å². The Balaban J connectivity index is 2.08. The predicted molar refractivity (Wildman–Crippen MR) is 77.6 cm³/mol. The molecule has 1 saturated heterocycles. The molecule has 0 spiro atoms. The largest absolute Gasteiger partial charge is 0.336 e. The maximum Gasteiger partial charge on any atom is 0.226 e. The summed E-state index contributed by atoms with van der Waals surface area (Å²) >= 11 is 0. The van der Waals surface area contributed by atoms with Gasteiger partial charge in [0.1, 0.15) is 5.82 Å².